The molecule has 0 bridgehead atoms. The van der Waals surface area contributed by atoms with E-state index in [9.17, 15) is 4.79 Å². The number of hydrogen-bond acceptors (Lipinski definition) is 6. The van der Waals surface area contributed by atoms with Crippen molar-refractivity contribution in [2.24, 2.45) is 0 Å². The number of rotatable bonds is 8. The molecule has 2 aromatic carbocycles. The van der Waals surface area contributed by atoms with Crippen molar-refractivity contribution < 1.29 is 13.9 Å². The zero-order valence-corrected chi connectivity index (χ0v) is 16.1. The summed E-state index contributed by atoms with van der Waals surface area (Å²) in [6, 6.07) is 15.7. The molecule has 0 radical (unpaired) electrons. The Balaban J connectivity index is 1.42. The number of carbonyl (C=O) groups excluding carboxylic acids is 1. The maximum atomic E-state index is 12.0. The van der Waals surface area contributed by atoms with Gasteiger partial charge in [0.1, 0.15) is 5.75 Å². The predicted octanol–water partition coefficient (Wildman–Crippen LogP) is 3.67. The Morgan fingerprint density at radius 3 is 2.81 bits per heavy atom. The molecule has 0 aliphatic rings. The van der Waals surface area contributed by atoms with Crippen LogP contribution in [0.5, 0.6) is 5.75 Å². The second kappa shape index (κ2) is 9.23. The Kier molecular flexibility index (Phi) is 6.49. The van der Waals surface area contributed by atoms with Crippen molar-refractivity contribution in [1.29, 1.82) is 0 Å². The molecular weight excluding hydrogens is 362 g/mol. The van der Waals surface area contributed by atoms with E-state index in [1.54, 1.807) is 0 Å². The molecule has 0 aliphatic carbocycles. The molecule has 1 heterocycles. The summed E-state index contributed by atoms with van der Waals surface area (Å²) in [5.41, 5.74) is 3.37. The fourth-order valence-electron chi connectivity index (χ4n) is 2.39. The van der Waals surface area contributed by atoms with Gasteiger partial charge in [0.15, 0.2) is 6.61 Å². The third kappa shape index (κ3) is 5.86. The van der Waals surface area contributed by atoms with Gasteiger partial charge in [-0.15, -0.1) is 10.2 Å². The summed E-state index contributed by atoms with van der Waals surface area (Å²) in [7, 11) is 0. The van der Waals surface area contributed by atoms with Gasteiger partial charge >= 0.3 is 0 Å². The molecule has 0 spiro atoms. The van der Waals surface area contributed by atoms with Gasteiger partial charge in [0.2, 0.25) is 5.91 Å². The lowest BCUT2D eigenvalue weighted by molar-refractivity contribution is -0.118. The van der Waals surface area contributed by atoms with Gasteiger partial charge in [-0.3, -0.25) is 4.79 Å². The highest BCUT2D eigenvalue weighted by Crippen LogP contribution is 2.18. The van der Waals surface area contributed by atoms with Crippen LogP contribution < -0.4 is 10.1 Å². The van der Waals surface area contributed by atoms with Gasteiger partial charge < -0.3 is 14.5 Å². The van der Waals surface area contributed by atoms with Gasteiger partial charge in [0, 0.05) is 6.54 Å². The number of carbonyl (C=O) groups is 1. The molecule has 0 saturated heterocycles. The molecule has 1 amide bonds. The number of aryl methyl sites for hydroxylation is 2. The third-order valence-electron chi connectivity index (χ3n) is 3.86. The standard InChI is InChI=1S/C20H21N3O3S/c1-14-6-5-9-17(10-14)25-12-19-22-23-20(26-19)27-13-18(24)21-11-16-8-4-3-7-15(16)2/h3-10H,11-13H2,1-2H3,(H,21,24). The van der Waals surface area contributed by atoms with E-state index >= 15 is 0 Å². The maximum absolute atomic E-state index is 12.0. The summed E-state index contributed by atoms with van der Waals surface area (Å²) in [6.45, 7) is 4.72. The van der Waals surface area contributed by atoms with Gasteiger partial charge in [0.05, 0.1) is 5.75 Å². The van der Waals surface area contributed by atoms with Crippen molar-refractivity contribution in [2.45, 2.75) is 32.2 Å². The predicted molar refractivity (Wildman–Crippen MR) is 104 cm³/mol. The molecule has 0 saturated carbocycles. The molecular formula is C20H21N3O3S. The number of amides is 1. The minimum absolute atomic E-state index is 0.0842. The first-order valence-corrected chi connectivity index (χ1v) is 9.54. The lowest BCUT2D eigenvalue weighted by Crippen LogP contribution is -2.24. The van der Waals surface area contributed by atoms with Crippen LogP contribution in [0, 0.1) is 13.8 Å². The smallest absolute Gasteiger partial charge is 0.277 e. The largest absolute Gasteiger partial charge is 0.484 e. The van der Waals surface area contributed by atoms with Crippen LogP contribution in [-0.4, -0.2) is 21.9 Å². The SMILES string of the molecule is Cc1cccc(OCc2nnc(SCC(=O)NCc3ccccc3C)o2)c1. The van der Waals surface area contributed by atoms with Crippen LogP contribution in [0.3, 0.4) is 0 Å². The van der Waals surface area contributed by atoms with E-state index in [1.165, 1.54) is 11.8 Å². The molecule has 0 unspecified atom stereocenters. The van der Waals surface area contributed by atoms with Crippen LogP contribution >= 0.6 is 11.8 Å². The molecule has 0 fully saturated rings. The average molecular weight is 383 g/mol. The number of nitrogens with zero attached hydrogens (tertiary/aromatic N) is 2. The van der Waals surface area contributed by atoms with Crippen LogP contribution in [0.4, 0.5) is 0 Å². The molecule has 27 heavy (non-hydrogen) atoms. The van der Waals surface area contributed by atoms with Crippen LogP contribution in [0.1, 0.15) is 22.6 Å². The topological polar surface area (TPSA) is 77.2 Å². The molecule has 0 atom stereocenters. The number of nitrogens with one attached hydrogen (secondary N) is 1. The molecule has 6 nitrogen and oxygen atoms in total. The van der Waals surface area contributed by atoms with Crippen molar-refractivity contribution in [3.8, 4) is 5.75 Å². The van der Waals surface area contributed by atoms with Gasteiger partial charge in [-0.1, -0.05) is 48.2 Å². The quantitative estimate of drug-likeness (QED) is 0.598. The molecule has 1 aromatic heterocycles. The lowest BCUT2D eigenvalue weighted by atomic mass is 10.1. The summed E-state index contributed by atoms with van der Waals surface area (Å²) < 4.78 is 11.1. The molecule has 3 aromatic rings. The van der Waals surface area contributed by atoms with E-state index in [0.29, 0.717) is 17.7 Å². The first-order valence-electron chi connectivity index (χ1n) is 8.56. The van der Waals surface area contributed by atoms with Gasteiger partial charge in [-0.05, 0) is 42.7 Å². The van der Waals surface area contributed by atoms with E-state index in [-0.39, 0.29) is 18.3 Å². The van der Waals surface area contributed by atoms with Crippen LogP contribution in [0.25, 0.3) is 0 Å². The van der Waals surface area contributed by atoms with E-state index in [1.807, 2.05) is 62.4 Å². The first-order chi connectivity index (χ1) is 13.1. The normalized spacial score (nSPS) is 10.6. The Hall–Kier alpha value is -2.80. The zero-order valence-electron chi connectivity index (χ0n) is 15.3. The van der Waals surface area contributed by atoms with Crippen molar-refractivity contribution in [1.82, 2.24) is 15.5 Å². The Bertz CT molecular complexity index is 911. The van der Waals surface area contributed by atoms with Gasteiger partial charge in [0.25, 0.3) is 11.1 Å². The highest BCUT2D eigenvalue weighted by molar-refractivity contribution is 7.99. The third-order valence-corrected chi connectivity index (χ3v) is 4.68. The van der Waals surface area contributed by atoms with Crippen LogP contribution in [-0.2, 0) is 17.9 Å². The number of hydrogen-bond donors (Lipinski definition) is 1. The van der Waals surface area contributed by atoms with E-state index in [4.69, 9.17) is 9.15 Å². The average Bonchev–Trinajstić information content (AvgIpc) is 3.12. The first kappa shape index (κ1) is 19.0. The highest BCUT2D eigenvalue weighted by atomic mass is 32.2. The number of aromatic nitrogens is 2. The highest BCUT2D eigenvalue weighted by Gasteiger charge is 2.10. The van der Waals surface area contributed by atoms with Crippen molar-refractivity contribution >= 4 is 17.7 Å². The number of thioether (sulfide) groups is 1. The van der Waals surface area contributed by atoms with Crippen molar-refractivity contribution in [2.75, 3.05) is 5.75 Å². The monoisotopic (exact) mass is 383 g/mol. The Morgan fingerprint density at radius 1 is 1.15 bits per heavy atom. The second-order valence-electron chi connectivity index (χ2n) is 6.06. The number of benzene rings is 2. The molecule has 7 heteroatoms. The fraction of sp³-hybridized carbons (Fsp3) is 0.250. The van der Waals surface area contributed by atoms with Gasteiger partial charge in [-0.25, -0.2) is 0 Å². The van der Waals surface area contributed by atoms with E-state index in [2.05, 4.69) is 15.5 Å². The van der Waals surface area contributed by atoms with E-state index in [0.717, 1.165) is 22.4 Å². The number of ether oxygens (including phenoxy) is 1. The zero-order chi connectivity index (χ0) is 19.1. The molecule has 1 N–H and O–H groups in total. The Labute approximate surface area is 162 Å². The van der Waals surface area contributed by atoms with Crippen molar-refractivity contribution in [3.05, 3.63) is 71.1 Å². The van der Waals surface area contributed by atoms with Crippen LogP contribution in [0.2, 0.25) is 0 Å². The molecule has 140 valence electrons. The fourth-order valence-corrected chi connectivity index (χ4v) is 3.00. The minimum atomic E-state index is -0.0842. The summed E-state index contributed by atoms with van der Waals surface area (Å²) in [5.74, 6) is 1.25. The van der Waals surface area contributed by atoms with Crippen LogP contribution in [0.15, 0.2) is 58.2 Å². The minimum Gasteiger partial charge on any atom is -0.484 e. The van der Waals surface area contributed by atoms with Crippen molar-refractivity contribution in [3.63, 3.8) is 0 Å². The summed E-state index contributed by atoms with van der Waals surface area (Å²) in [6.07, 6.45) is 0. The summed E-state index contributed by atoms with van der Waals surface area (Å²) >= 11 is 1.20. The van der Waals surface area contributed by atoms with E-state index < -0.39 is 0 Å². The summed E-state index contributed by atoms with van der Waals surface area (Å²) in [4.78, 5) is 12.0. The Morgan fingerprint density at radius 2 is 2.00 bits per heavy atom. The maximum Gasteiger partial charge on any atom is 0.277 e. The van der Waals surface area contributed by atoms with Gasteiger partial charge in [-0.2, -0.15) is 0 Å². The second-order valence-corrected chi connectivity index (χ2v) is 6.99. The molecule has 3 rings (SSSR count). The summed E-state index contributed by atoms with van der Waals surface area (Å²) in [5, 5.41) is 11.1. The molecule has 0 aliphatic heterocycles. The lowest BCUT2D eigenvalue weighted by Gasteiger charge is -2.06.